The van der Waals surface area contributed by atoms with Crippen molar-refractivity contribution in [2.45, 2.75) is 5.92 Å². The van der Waals surface area contributed by atoms with Gasteiger partial charge in [-0.25, -0.2) is 0 Å². The van der Waals surface area contributed by atoms with Gasteiger partial charge in [-0.05, 0) is 11.1 Å². The van der Waals surface area contributed by atoms with Crippen LogP contribution in [0.15, 0.2) is 30.8 Å². The van der Waals surface area contributed by atoms with Crippen LogP contribution in [0.4, 0.5) is 0 Å². The van der Waals surface area contributed by atoms with E-state index in [1.807, 2.05) is 6.08 Å². The van der Waals surface area contributed by atoms with Gasteiger partial charge in [-0.2, -0.15) is 0 Å². The number of hydrogen-bond donors (Lipinski definition) is 1. The molecule has 1 aromatic carbocycles. The highest BCUT2D eigenvalue weighted by molar-refractivity contribution is 5.53. The van der Waals surface area contributed by atoms with Crippen molar-refractivity contribution in [3.05, 3.63) is 42.0 Å². The average Bonchev–Trinajstić information content (AvgIpc) is 2.02. The van der Waals surface area contributed by atoms with E-state index < -0.39 is 0 Å². The summed E-state index contributed by atoms with van der Waals surface area (Å²) in [6.45, 7) is 6.04. The molecule has 0 bridgehead atoms. The molecule has 1 aliphatic heterocycles. The lowest BCUT2D eigenvalue weighted by Crippen LogP contribution is -2.40. The Morgan fingerprint density at radius 3 is 2.67 bits per heavy atom. The van der Waals surface area contributed by atoms with Gasteiger partial charge >= 0.3 is 0 Å². The number of nitrogens with one attached hydrogen (secondary N) is 1. The third-order valence-corrected chi connectivity index (χ3v) is 2.44. The minimum Gasteiger partial charge on any atom is -0.315 e. The summed E-state index contributed by atoms with van der Waals surface area (Å²) in [6.07, 6.45) is 1.94. The lowest BCUT2D eigenvalue weighted by Gasteiger charge is -2.28. The Balaban J connectivity index is 2.33. The Kier molecular flexibility index (Phi) is 1.96. The van der Waals surface area contributed by atoms with Crippen LogP contribution >= 0.6 is 0 Å². The van der Waals surface area contributed by atoms with Crippen molar-refractivity contribution in [1.82, 2.24) is 5.32 Å². The second-order valence-electron chi connectivity index (χ2n) is 3.19. The third-order valence-electron chi connectivity index (χ3n) is 2.44. The van der Waals surface area contributed by atoms with Gasteiger partial charge in [0.05, 0.1) is 0 Å². The molecule has 1 heterocycles. The minimum atomic E-state index is 0.708. The zero-order valence-corrected chi connectivity index (χ0v) is 7.09. The molecule has 12 heavy (non-hydrogen) atoms. The highest BCUT2D eigenvalue weighted by Gasteiger charge is 2.19. The van der Waals surface area contributed by atoms with Crippen LogP contribution in [0.1, 0.15) is 17.0 Å². The van der Waals surface area contributed by atoms with Crippen molar-refractivity contribution in [2.24, 2.45) is 0 Å². The lowest BCUT2D eigenvalue weighted by molar-refractivity contribution is 0.448. The molecule has 0 unspecified atom stereocenters. The molecule has 1 aromatic rings. The fourth-order valence-electron chi connectivity index (χ4n) is 1.58. The van der Waals surface area contributed by atoms with Crippen molar-refractivity contribution in [1.29, 1.82) is 0 Å². The maximum Gasteiger partial charge on any atom is 0.00944 e. The van der Waals surface area contributed by atoms with Gasteiger partial charge < -0.3 is 5.32 Å². The Labute approximate surface area is 73.1 Å². The van der Waals surface area contributed by atoms with Crippen LogP contribution in [0, 0.1) is 0 Å². The zero-order chi connectivity index (χ0) is 8.39. The van der Waals surface area contributed by atoms with Crippen LogP contribution in [0.2, 0.25) is 0 Å². The summed E-state index contributed by atoms with van der Waals surface area (Å²) in [5.41, 5.74) is 2.72. The molecule has 1 aliphatic rings. The summed E-state index contributed by atoms with van der Waals surface area (Å²) in [5.74, 6) is 0.708. The first-order chi connectivity index (χ1) is 5.92. The van der Waals surface area contributed by atoms with Gasteiger partial charge in [0.25, 0.3) is 0 Å². The molecule has 0 aromatic heterocycles. The van der Waals surface area contributed by atoms with Crippen LogP contribution in [0.5, 0.6) is 0 Å². The highest BCUT2D eigenvalue weighted by atomic mass is 14.9. The molecule has 1 heteroatoms. The Morgan fingerprint density at radius 1 is 1.33 bits per heavy atom. The molecular formula is C11H13N. The number of rotatable bonds is 2. The van der Waals surface area contributed by atoms with Gasteiger partial charge in [-0.15, -0.1) is 0 Å². The van der Waals surface area contributed by atoms with E-state index in [4.69, 9.17) is 0 Å². The fraction of sp³-hybridized carbons (Fsp3) is 0.273. The van der Waals surface area contributed by atoms with E-state index >= 15 is 0 Å². The predicted molar refractivity (Wildman–Crippen MR) is 52.1 cm³/mol. The van der Waals surface area contributed by atoms with Gasteiger partial charge in [-0.1, -0.05) is 36.9 Å². The molecule has 1 nitrogen and oxygen atoms in total. The van der Waals surface area contributed by atoms with Crippen molar-refractivity contribution in [3.8, 4) is 0 Å². The summed E-state index contributed by atoms with van der Waals surface area (Å²) >= 11 is 0. The van der Waals surface area contributed by atoms with Crippen molar-refractivity contribution in [3.63, 3.8) is 0 Å². The first-order valence-electron chi connectivity index (χ1n) is 4.34. The molecule has 0 aliphatic carbocycles. The van der Waals surface area contributed by atoms with Gasteiger partial charge in [0.1, 0.15) is 0 Å². The first kappa shape index (κ1) is 7.56. The zero-order valence-electron chi connectivity index (χ0n) is 7.09. The summed E-state index contributed by atoms with van der Waals surface area (Å²) in [4.78, 5) is 0. The first-order valence-corrected chi connectivity index (χ1v) is 4.34. The normalized spacial score (nSPS) is 17.0. The van der Waals surface area contributed by atoms with E-state index in [-0.39, 0.29) is 0 Å². The van der Waals surface area contributed by atoms with Crippen LogP contribution in [0.3, 0.4) is 0 Å². The maximum atomic E-state index is 3.81. The van der Waals surface area contributed by atoms with Crippen LogP contribution < -0.4 is 5.32 Å². The topological polar surface area (TPSA) is 12.0 Å². The number of benzene rings is 1. The van der Waals surface area contributed by atoms with E-state index in [1.165, 1.54) is 11.1 Å². The third kappa shape index (κ3) is 1.16. The van der Waals surface area contributed by atoms with E-state index in [0.29, 0.717) is 5.92 Å². The van der Waals surface area contributed by atoms with Crippen LogP contribution in [-0.2, 0) is 0 Å². The maximum absolute atomic E-state index is 3.81. The van der Waals surface area contributed by atoms with Gasteiger partial charge in [0.2, 0.25) is 0 Å². The molecule has 1 saturated heterocycles. The SMILES string of the molecule is C=Cc1ccccc1C1CNC1. The molecular weight excluding hydrogens is 146 g/mol. The Hall–Kier alpha value is -1.08. The molecule has 0 atom stereocenters. The largest absolute Gasteiger partial charge is 0.315 e. The lowest BCUT2D eigenvalue weighted by atomic mass is 9.90. The second kappa shape index (κ2) is 3.11. The monoisotopic (exact) mass is 159 g/mol. The fourth-order valence-corrected chi connectivity index (χ4v) is 1.58. The molecule has 0 saturated carbocycles. The standard InChI is InChI=1S/C11H13N/c1-2-9-5-3-4-6-11(9)10-7-12-8-10/h2-6,10,12H,1,7-8H2. The molecule has 1 fully saturated rings. The molecule has 62 valence electrons. The quantitative estimate of drug-likeness (QED) is 0.696. The summed E-state index contributed by atoms with van der Waals surface area (Å²) in [7, 11) is 0. The van der Waals surface area contributed by atoms with Gasteiger partial charge in [-0.3, -0.25) is 0 Å². The van der Waals surface area contributed by atoms with Gasteiger partial charge in [0, 0.05) is 19.0 Å². The molecule has 0 radical (unpaired) electrons. The Morgan fingerprint density at radius 2 is 2.08 bits per heavy atom. The summed E-state index contributed by atoms with van der Waals surface area (Å²) < 4.78 is 0. The Bertz CT molecular complexity index is 287. The van der Waals surface area contributed by atoms with E-state index in [9.17, 15) is 0 Å². The van der Waals surface area contributed by atoms with E-state index in [2.05, 4.69) is 36.2 Å². The molecule has 0 amide bonds. The van der Waals surface area contributed by atoms with Crippen LogP contribution in [-0.4, -0.2) is 13.1 Å². The van der Waals surface area contributed by atoms with Gasteiger partial charge in [0.15, 0.2) is 0 Å². The van der Waals surface area contributed by atoms with E-state index in [0.717, 1.165) is 13.1 Å². The van der Waals surface area contributed by atoms with Crippen molar-refractivity contribution in [2.75, 3.05) is 13.1 Å². The molecule has 1 N–H and O–H groups in total. The second-order valence-corrected chi connectivity index (χ2v) is 3.19. The minimum absolute atomic E-state index is 0.708. The predicted octanol–water partition coefficient (Wildman–Crippen LogP) is 2.02. The van der Waals surface area contributed by atoms with E-state index in [1.54, 1.807) is 0 Å². The van der Waals surface area contributed by atoms with Crippen molar-refractivity contribution >= 4 is 6.08 Å². The number of hydrogen-bond acceptors (Lipinski definition) is 1. The van der Waals surface area contributed by atoms with Crippen molar-refractivity contribution < 1.29 is 0 Å². The molecule has 0 spiro atoms. The average molecular weight is 159 g/mol. The summed E-state index contributed by atoms with van der Waals surface area (Å²) in [6, 6.07) is 8.48. The smallest absolute Gasteiger partial charge is 0.00944 e. The molecule has 2 rings (SSSR count). The van der Waals surface area contributed by atoms with Crippen LogP contribution in [0.25, 0.3) is 6.08 Å². The highest BCUT2D eigenvalue weighted by Crippen LogP contribution is 2.23. The summed E-state index contributed by atoms with van der Waals surface area (Å²) in [5, 5.41) is 3.28.